The third-order valence-corrected chi connectivity index (χ3v) is 11.5. The maximum absolute atomic E-state index is 13.7. The summed E-state index contributed by atoms with van der Waals surface area (Å²) in [4.78, 5) is 95.2. The number of hydrogen-bond donors (Lipinski definition) is 4. The Morgan fingerprint density at radius 2 is 1.57 bits per heavy atom. The fourth-order valence-corrected chi connectivity index (χ4v) is 8.00. The number of thiazole rings is 1. The van der Waals surface area contributed by atoms with Gasteiger partial charge in [-0.25, -0.2) is 15.2 Å². The molecule has 2 aromatic rings. The van der Waals surface area contributed by atoms with Gasteiger partial charge in [-0.2, -0.15) is 0 Å². The Kier molecular flexibility index (Phi) is 25.7. The van der Waals surface area contributed by atoms with Gasteiger partial charge in [0.2, 0.25) is 17.7 Å². The van der Waals surface area contributed by atoms with Gasteiger partial charge in [0, 0.05) is 81.5 Å². The molecule has 3 unspecified atom stereocenters. The van der Waals surface area contributed by atoms with E-state index in [0.29, 0.717) is 69.6 Å². The molecule has 18 heteroatoms. The summed E-state index contributed by atoms with van der Waals surface area (Å²) < 4.78 is 16.8. The molecule has 7 amide bonds. The molecule has 0 fully saturated rings. The zero-order chi connectivity index (χ0) is 47.4. The summed E-state index contributed by atoms with van der Waals surface area (Å²) in [7, 11) is 0. The van der Waals surface area contributed by atoms with Gasteiger partial charge in [-0.15, -0.1) is 11.3 Å². The quantitative estimate of drug-likeness (QED) is 0.0382. The first-order chi connectivity index (χ1) is 31.4. The van der Waals surface area contributed by atoms with E-state index in [0.717, 1.165) is 31.2 Å². The molecular weight excluding hydrogens is 855 g/mol. The molecule has 0 saturated carbocycles. The van der Waals surface area contributed by atoms with E-state index >= 15 is 0 Å². The minimum Gasteiger partial charge on any atom is -0.446 e. The second kappa shape index (κ2) is 30.8. The molecule has 1 aliphatic heterocycles. The van der Waals surface area contributed by atoms with Crippen LogP contribution in [0.25, 0.3) is 0 Å². The number of benzene rings is 1. The highest BCUT2D eigenvalue weighted by Gasteiger charge is 2.31. The fourth-order valence-electron chi connectivity index (χ4n) is 7.14. The zero-order valence-corrected chi connectivity index (χ0v) is 39.7. The molecule has 65 heavy (non-hydrogen) atoms. The summed E-state index contributed by atoms with van der Waals surface area (Å²) in [5.74, 6) is -1.28. The molecule has 0 bridgehead atoms. The predicted molar refractivity (Wildman–Crippen MR) is 247 cm³/mol. The molecule has 3 rings (SSSR count). The van der Waals surface area contributed by atoms with E-state index in [-0.39, 0.29) is 86.4 Å². The van der Waals surface area contributed by atoms with Crippen LogP contribution in [0.5, 0.6) is 0 Å². The molecule has 3 atom stereocenters. The van der Waals surface area contributed by atoms with Gasteiger partial charge in [-0.05, 0) is 56.4 Å². The Morgan fingerprint density at radius 3 is 2.26 bits per heavy atom. The van der Waals surface area contributed by atoms with E-state index in [4.69, 9.17) is 19.2 Å². The SMILES string of the molecule is CCCCC(=O)N(CCC)C(CC(OCCC)c1nc(C(=O)NC(CCC(=O)NNC(=O)OCCOCCNC(=O)CCCCCN2C(=O)C=CC2=O)Cc2ccccc2)cs1)C(C)C. The molecule has 0 spiro atoms. The van der Waals surface area contributed by atoms with E-state index in [1.165, 1.54) is 28.4 Å². The number of unbranched alkanes of at least 4 members (excludes halogenated alkanes) is 3. The number of ether oxygens (including phenoxy) is 3. The number of amides is 7. The van der Waals surface area contributed by atoms with E-state index in [2.05, 4.69) is 49.2 Å². The largest absolute Gasteiger partial charge is 0.446 e. The highest BCUT2D eigenvalue weighted by molar-refractivity contribution is 7.09. The Hall–Kier alpha value is -5.20. The Bertz CT molecular complexity index is 1810. The molecule has 1 aromatic heterocycles. The van der Waals surface area contributed by atoms with Crippen LogP contribution >= 0.6 is 11.3 Å². The van der Waals surface area contributed by atoms with Crippen molar-refractivity contribution in [3.05, 3.63) is 64.1 Å². The summed E-state index contributed by atoms with van der Waals surface area (Å²) in [6, 6.07) is 9.11. The smallest absolute Gasteiger partial charge is 0.426 e. The van der Waals surface area contributed by atoms with Crippen LogP contribution in [-0.2, 0) is 44.6 Å². The van der Waals surface area contributed by atoms with Crippen molar-refractivity contribution in [3.8, 4) is 0 Å². The number of rotatable bonds is 32. The second-order valence-corrected chi connectivity index (χ2v) is 17.2. The number of carbonyl (C=O) groups is 7. The van der Waals surface area contributed by atoms with Gasteiger partial charge in [0.25, 0.3) is 17.7 Å². The highest BCUT2D eigenvalue weighted by atomic mass is 32.1. The number of nitrogens with one attached hydrogen (secondary N) is 4. The van der Waals surface area contributed by atoms with Crippen LogP contribution in [-0.4, -0.2) is 114 Å². The molecule has 2 heterocycles. The number of nitrogens with zero attached hydrogens (tertiary/aromatic N) is 3. The maximum Gasteiger partial charge on any atom is 0.426 e. The molecular formula is C47H71N7O10S. The highest BCUT2D eigenvalue weighted by Crippen LogP contribution is 2.31. The first-order valence-electron chi connectivity index (χ1n) is 23.2. The number of aromatic nitrogens is 1. The summed E-state index contributed by atoms with van der Waals surface area (Å²) in [5, 5.41) is 8.20. The lowest BCUT2D eigenvalue weighted by Crippen LogP contribution is -2.44. The van der Waals surface area contributed by atoms with Crippen LogP contribution < -0.4 is 21.5 Å². The Labute approximate surface area is 388 Å². The molecule has 17 nitrogen and oxygen atoms in total. The standard InChI is InChI=1S/C47H71N7O10S/c1-6-9-19-42(57)53(25-7-2)38(34(4)5)32-39(63-27-8-3)46-50-37(33-65-46)45(60)49-36(31-35-16-12-10-13-17-35)20-21-41(56)51-52-47(61)64-30-29-62-28-24-48-40(55)18-14-11-15-26-54-43(58)22-23-44(54)59/h10,12-13,16-17,22-23,33-34,36,38-39H,6-9,11,14-15,18-21,24-32H2,1-5H3,(H,48,55)(H,49,60)(H,51,56)(H,52,61). The molecule has 4 N–H and O–H groups in total. The van der Waals surface area contributed by atoms with Crippen molar-refractivity contribution in [1.82, 2.24) is 36.3 Å². The third kappa shape index (κ3) is 20.7. The minimum atomic E-state index is -0.874. The van der Waals surface area contributed by atoms with Crippen molar-refractivity contribution in [3.63, 3.8) is 0 Å². The van der Waals surface area contributed by atoms with Gasteiger partial charge in [0.15, 0.2) is 0 Å². The van der Waals surface area contributed by atoms with E-state index < -0.39 is 24.1 Å². The molecule has 1 aromatic carbocycles. The maximum atomic E-state index is 13.7. The van der Waals surface area contributed by atoms with Crippen LogP contribution in [0.15, 0.2) is 47.9 Å². The van der Waals surface area contributed by atoms with Crippen molar-refractivity contribution >= 4 is 52.9 Å². The average molecular weight is 926 g/mol. The van der Waals surface area contributed by atoms with E-state index in [1.54, 1.807) is 5.38 Å². The van der Waals surface area contributed by atoms with Crippen molar-refractivity contribution in [2.45, 2.75) is 136 Å². The van der Waals surface area contributed by atoms with Gasteiger partial charge >= 0.3 is 6.09 Å². The van der Waals surface area contributed by atoms with Crippen LogP contribution in [0.4, 0.5) is 4.79 Å². The topological polar surface area (TPSA) is 215 Å². The normalized spacial score (nSPS) is 13.7. The summed E-state index contributed by atoms with van der Waals surface area (Å²) in [6.45, 7) is 12.4. The minimum absolute atomic E-state index is 0.0116. The molecule has 1 aliphatic rings. The lowest BCUT2D eigenvalue weighted by Gasteiger charge is -2.36. The van der Waals surface area contributed by atoms with Crippen molar-refractivity contribution in [1.29, 1.82) is 0 Å². The summed E-state index contributed by atoms with van der Waals surface area (Å²) >= 11 is 1.36. The summed E-state index contributed by atoms with van der Waals surface area (Å²) in [5.41, 5.74) is 5.78. The predicted octanol–water partition coefficient (Wildman–Crippen LogP) is 5.95. The van der Waals surface area contributed by atoms with Crippen LogP contribution in [0.2, 0.25) is 0 Å². The lowest BCUT2D eigenvalue weighted by molar-refractivity contribution is -0.137. The van der Waals surface area contributed by atoms with Gasteiger partial charge in [-0.3, -0.25) is 39.1 Å². The molecule has 0 aliphatic carbocycles. The van der Waals surface area contributed by atoms with Gasteiger partial charge in [0.05, 0.1) is 13.2 Å². The first-order valence-corrected chi connectivity index (χ1v) is 24.0. The molecule has 0 radical (unpaired) electrons. The van der Waals surface area contributed by atoms with Gasteiger partial charge < -0.3 is 29.7 Å². The number of carbonyl (C=O) groups excluding carboxylic acids is 7. The Morgan fingerprint density at radius 1 is 0.815 bits per heavy atom. The first kappa shape index (κ1) is 54.1. The van der Waals surface area contributed by atoms with Crippen molar-refractivity contribution < 1.29 is 47.8 Å². The number of imide groups is 1. The van der Waals surface area contributed by atoms with Crippen LogP contribution in [0.1, 0.15) is 139 Å². The van der Waals surface area contributed by atoms with Crippen LogP contribution in [0.3, 0.4) is 0 Å². The van der Waals surface area contributed by atoms with Gasteiger partial charge in [0.1, 0.15) is 23.4 Å². The number of hydrogen-bond acceptors (Lipinski definition) is 12. The molecule has 0 saturated heterocycles. The van der Waals surface area contributed by atoms with Gasteiger partial charge in [-0.1, -0.05) is 77.8 Å². The molecule has 360 valence electrons. The van der Waals surface area contributed by atoms with Crippen molar-refractivity contribution in [2.24, 2.45) is 5.92 Å². The lowest BCUT2D eigenvalue weighted by atomic mass is 9.95. The average Bonchev–Trinajstić information content (AvgIpc) is 3.92. The fraction of sp³-hybridized carbons (Fsp3) is 0.617. The van der Waals surface area contributed by atoms with Crippen molar-refractivity contribution in [2.75, 3.05) is 46.1 Å². The monoisotopic (exact) mass is 925 g/mol. The number of hydrazine groups is 1. The van der Waals surface area contributed by atoms with Crippen LogP contribution in [0, 0.1) is 5.92 Å². The Balaban J connectivity index is 1.43. The third-order valence-electron chi connectivity index (χ3n) is 10.6. The van der Waals surface area contributed by atoms with E-state index in [9.17, 15) is 33.6 Å². The summed E-state index contributed by atoms with van der Waals surface area (Å²) in [6.07, 6.45) is 8.71. The van der Waals surface area contributed by atoms with E-state index in [1.807, 2.05) is 42.2 Å². The zero-order valence-electron chi connectivity index (χ0n) is 38.9. The second-order valence-electron chi connectivity index (χ2n) is 16.3.